The van der Waals surface area contributed by atoms with E-state index in [2.05, 4.69) is 76.7 Å². The Kier molecular flexibility index (Phi) is 5.09. The number of imidazole rings is 1. The topological polar surface area (TPSA) is 21.1 Å². The SMILES string of the molecule is Cc1cccc(-c2nc3ccccc3n2CCCN2CCSCC2)c1. The minimum atomic E-state index is 1.02. The van der Waals surface area contributed by atoms with E-state index in [4.69, 9.17) is 4.98 Å². The van der Waals surface area contributed by atoms with Crippen LogP contribution in [0.25, 0.3) is 22.4 Å². The van der Waals surface area contributed by atoms with Crippen LogP contribution in [0.5, 0.6) is 0 Å². The zero-order chi connectivity index (χ0) is 17.1. The Morgan fingerprint density at radius 1 is 1.00 bits per heavy atom. The Labute approximate surface area is 154 Å². The molecule has 0 radical (unpaired) electrons. The van der Waals surface area contributed by atoms with Gasteiger partial charge < -0.3 is 9.47 Å². The summed E-state index contributed by atoms with van der Waals surface area (Å²) in [4.78, 5) is 7.53. The lowest BCUT2D eigenvalue weighted by Gasteiger charge is -2.26. The number of para-hydroxylation sites is 2. The minimum Gasteiger partial charge on any atom is -0.324 e. The fourth-order valence-corrected chi connectivity index (χ4v) is 4.56. The highest BCUT2D eigenvalue weighted by atomic mass is 32.2. The van der Waals surface area contributed by atoms with Crippen molar-refractivity contribution in [3.8, 4) is 11.4 Å². The van der Waals surface area contributed by atoms with E-state index in [0.717, 1.165) is 17.9 Å². The number of hydrogen-bond acceptors (Lipinski definition) is 3. The fraction of sp³-hybridized carbons (Fsp3) is 0.381. The fourth-order valence-electron chi connectivity index (χ4n) is 3.58. The van der Waals surface area contributed by atoms with Crippen LogP contribution in [-0.2, 0) is 6.54 Å². The largest absolute Gasteiger partial charge is 0.324 e. The molecule has 130 valence electrons. The van der Waals surface area contributed by atoms with E-state index >= 15 is 0 Å². The average molecular weight is 352 g/mol. The molecule has 0 N–H and O–H groups in total. The predicted molar refractivity (Wildman–Crippen MR) is 108 cm³/mol. The van der Waals surface area contributed by atoms with Gasteiger partial charge in [0.15, 0.2) is 0 Å². The first-order valence-electron chi connectivity index (χ1n) is 9.14. The zero-order valence-corrected chi connectivity index (χ0v) is 15.6. The molecule has 1 aromatic heterocycles. The summed E-state index contributed by atoms with van der Waals surface area (Å²) in [6.45, 7) is 6.82. The van der Waals surface area contributed by atoms with E-state index in [1.54, 1.807) is 0 Å². The summed E-state index contributed by atoms with van der Waals surface area (Å²) in [6, 6.07) is 17.2. The first-order chi connectivity index (χ1) is 12.3. The summed E-state index contributed by atoms with van der Waals surface area (Å²) in [7, 11) is 0. The number of fused-ring (bicyclic) bond motifs is 1. The maximum absolute atomic E-state index is 4.94. The zero-order valence-electron chi connectivity index (χ0n) is 14.8. The third-order valence-electron chi connectivity index (χ3n) is 4.89. The van der Waals surface area contributed by atoms with Gasteiger partial charge in [0.2, 0.25) is 0 Å². The smallest absolute Gasteiger partial charge is 0.141 e. The molecule has 0 saturated carbocycles. The van der Waals surface area contributed by atoms with Crippen molar-refractivity contribution < 1.29 is 0 Å². The molecular weight excluding hydrogens is 326 g/mol. The van der Waals surface area contributed by atoms with Crippen molar-refractivity contribution in [3.63, 3.8) is 0 Å². The number of rotatable bonds is 5. The monoisotopic (exact) mass is 351 g/mol. The minimum absolute atomic E-state index is 1.02. The second kappa shape index (κ2) is 7.63. The van der Waals surface area contributed by atoms with E-state index in [0.29, 0.717) is 0 Å². The van der Waals surface area contributed by atoms with Crippen LogP contribution in [-0.4, -0.2) is 45.6 Å². The molecule has 4 rings (SSSR count). The number of aromatic nitrogens is 2. The van der Waals surface area contributed by atoms with Crippen LogP contribution in [0.4, 0.5) is 0 Å². The molecule has 1 aliphatic heterocycles. The standard InChI is InChI=1S/C21H25N3S/c1-17-6-4-7-18(16-17)21-22-19-8-2-3-9-20(19)24(21)11-5-10-23-12-14-25-15-13-23/h2-4,6-9,16H,5,10-15H2,1H3. The van der Waals surface area contributed by atoms with Crippen molar-refractivity contribution in [3.05, 3.63) is 54.1 Å². The van der Waals surface area contributed by atoms with Gasteiger partial charge in [0.05, 0.1) is 11.0 Å². The van der Waals surface area contributed by atoms with E-state index in [1.807, 2.05) is 0 Å². The lowest BCUT2D eigenvalue weighted by molar-refractivity contribution is 0.293. The number of hydrogen-bond donors (Lipinski definition) is 0. The first kappa shape index (κ1) is 16.7. The van der Waals surface area contributed by atoms with Gasteiger partial charge in [-0.3, -0.25) is 0 Å². The van der Waals surface area contributed by atoms with Crippen molar-refractivity contribution in [1.29, 1.82) is 0 Å². The van der Waals surface area contributed by atoms with Crippen molar-refractivity contribution >= 4 is 22.8 Å². The highest BCUT2D eigenvalue weighted by Crippen LogP contribution is 2.26. The van der Waals surface area contributed by atoms with E-state index in [1.165, 1.54) is 54.2 Å². The molecule has 0 spiro atoms. The predicted octanol–water partition coefficient (Wildman–Crippen LogP) is 4.45. The molecule has 0 bridgehead atoms. The molecule has 1 fully saturated rings. The highest BCUT2D eigenvalue weighted by molar-refractivity contribution is 7.99. The van der Waals surface area contributed by atoms with Gasteiger partial charge in [-0.1, -0.05) is 35.9 Å². The molecule has 0 amide bonds. The molecule has 25 heavy (non-hydrogen) atoms. The Balaban J connectivity index is 1.60. The van der Waals surface area contributed by atoms with Crippen LogP contribution >= 0.6 is 11.8 Å². The maximum Gasteiger partial charge on any atom is 0.141 e. The van der Waals surface area contributed by atoms with Crippen LogP contribution in [0, 0.1) is 6.92 Å². The summed E-state index contributed by atoms with van der Waals surface area (Å²) in [6.07, 6.45) is 1.17. The number of thioether (sulfide) groups is 1. The Hall–Kier alpha value is -1.78. The van der Waals surface area contributed by atoms with Gasteiger partial charge in [0.25, 0.3) is 0 Å². The summed E-state index contributed by atoms with van der Waals surface area (Å²) in [5, 5.41) is 0. The lowest BCUT2D eigenvalue weighted by atomic mass is 10.1. The van der Waals surface area contributed by atoms with Crippen LogP contribution in [0.15, 0.2) is 48.5 Å². The molecular formula is C21H25N3S. The number of aryl methyl sites for hydroxylation is 2. The average Bonchev–Trinajstić information content (AvgIpc) is 3.02. The first-order valence-corrected chi connectivity index (χ1v) is 10.3. The van der Waals surface area contributed by atoms with Crippen LogP contribution in [0.1, 0.15) is 12.0 Å². The number of benzene rings is 2. The molecule has 0 atom stereocenters. The lowest BCUT2D eigenvalue weighted by Crippen LogP contribution is -2.33. The molecule has 3 nitrogen and oxygen atoms in total. The molecule has 1 aliphatic rings. The summed E-state index contributed by atoms with van der Waals surface area (Å²) < 4.78 is 2.41. The van der Waals surface area contributed by atoms with Crippen LogP contribution < -0.4 is 0 Å². The Morgan fingerprint density at radius 3 is 2.68 bits per heavy atom. The molecule has 4 heteroatoms. The van der Waals surface area contributed by atoms with Gasteiger partial charge in [-0.25, -0.2) is 4.98 Å². The second-order valence-corrected chi connectivity index (χ2v) is 7.98. The normalized spacial score (nSPS) is 15.7. The molecule has 0 aliphatic carbocycles. The molecule has 2 heterocycles. The maximum atomic E-state index is 4.94. The van der Waals surface area contributed by atoms with E-state index in [9.17, 15) is 0 Å². The van der Waals surface area contributed by atoms with Crippen molar-refractivity contribution in [2.75, 3.05) is 31.1 Å². The van der Waals surface area contributed by atoms with Crippen LogP contribution in [0.3, 0.4) is 0 Å². The third kappa shape index (κ3) is 3.75. The van der Waals surface area contributed by atoms with Gasteiger partial charge in [-0.2, -0.15) is 11.8 Å². The Bertz CT molecular complexity index is 849. The molecule has 2 aromatic carbocycles. The summed E-state index contributed by atoms with van der Waals surface area (Å²) in [5.41, 5.74) is 4.83. The highest BCUT2D eigenvalue weighted by Gasteiger charge is 2.14. The van der Waals surface area contributed by atoms with Gasteiger partial charge in [0.1, 0.15) is 5.82 Å². The number of nitrogens with zero attached hydrogens (tertiary/aromatic N) is 3. The van der Waals surface area contributed by atoms with E-state index < -0.39 is 0 Å². The van der Waals surface area contributed by atoms with Crippen LogP contribution in [0.2, 0.25) is 0 Å². The molecule has 0 unspecified atom stereocenters. The third-order valence-corrected chi connectivity index (χ3v) is 5.83. The van der Waals surface area contributed by atoms with Crippen molar-refractivity contribution in [2.45, 2.75) is 19.9 Å². The van der Waals surface area contributed by atoms with Crippen molar-refractivity contribution in [1.82, 2.24) is 14.5 Å². The summed E-state index contributed by atoms with van der Waals surface area (Å²) in [5.74, 6) is 3.66. The molecule has 1 saturated heterocycles. The Morgan fingerprint density at radius 2 is 1.84 bits per heavy atom. The molecule has 3 aromatic rings. The van der Waals surface area contributed by atoms with Gasteiger partial charge in [-0.05, 0) is 38.1 Å². The van der Waals surface area contributed by atoms with Gasteiger partial charge in [-0.15, -0.1) is 0 Å². The van der Waals surface area contributed by atoms with Gasteiger partial charge >= 0.3 is 0 Å². The van der Waals surface area contributed by atoms with E-state index in [-0.39, 0.29) is 0 Å². The second-order valence-electron chi connectivity index (χ2n) is 6.75. The van der Waals surface area contributed by atoms with Gasteiger partial charge in [0, 0.05) is 36.7 Å². The summed E-state index contributed by atoms with van der Waals surface area (Å²) >= 11 is 2.08. The van der Waals surface area contributed by atoms with Crippen molar-refractivity contribution in [2.24, 2.45) is 0 Å². The quantitative estimate of drug-likeness (QED) is 0.677.